The molecule has 0 spiro atoms. The van der Waals surface area contributed by atoms with Gasteiger partial charge in [-0.25, -0.2) is 0 Å². The Labute approximate surface area is 145 Å². The van der Waals surface area contributed by atoms with Gasteiger partial charge in [-0.2, -0.15) is 13.2 Å². The number of nitrogens with zero attached hydrogens (tertiary/aromatic N) is 2. The fraction of sp³-hybridized carbons (Fsp3) is 0.286. The van der Waals surface area contributed by atoms with E-state index >= 15 is 0 Å². The Hall–Kier alpha value is -2.13. The molecule has 0 bridgehead atoms. The number of benzene rings is 1. The van der Waals surface area contributed by atoms with E-state index in [0.717, 1.165) is 4.57 Å². The molecule has 11 heteroatoms. The van der Waals surface area contributed by atoms with E-state index in [2.05, 4.69) is 0 Å². The Morgan fingerprint density at radius 1 is 0.760 bits per heavy atom. The molecular formula is C14H7Cl2F3N2O4. The van der Waals surface area contributed by atoms with E-state index in [-0.39, 0.29) is 21.9 Å². The fourth-order valence-electron chi connectivity index (χ4n) is 2.83. The molecule has 3 aromatic rings. The minimum absolute atomic E-state index is 0.00817. The summed E-state index contributed by atoms with van der Waals surface area (Å²) in [5.74, 6) is 0. The van der Waals surface area contributed by atoms with Crippen LogP contribution in [0.25, 0.3) is 21.5 Å². The summed E-state index contributed by atoms with van der Waals surface area (Å²) >= 11 is 12.0. The molecule has 0 aliphatic carbocycles. The molecule has 0 aliphatic heterocycles. The van der Waals surface area contributed by atoms with Crippen LogP contribution in [0.15, 0.2) is 19.2 Å². The first-order chi connectivity index (χ1) is 11.5. The van der Waals surface area contributed by atoms with Gasteiger partial charge in [0, 0.05) is 6.54 Å². The highest BCUT2D eigenvalue weighted by molar-refractivity contribution is 6.47. The number of rotatable bonds is 2. The summed E-state index contributed by atoms with van der Waals surface area (Å²) in [5, 5.41) is -3.06. The van der Waals surface area contributed by atoms with Crippen LogP contribution in [0.4, 0.5) is 13.2 Å². The second kappa shape index (κ2) is 5.43. The van der Waals surface area contributed by atoms with Gasteiger partial charge in [0.2, 0.25) is 0 Å². The molecule has 3 rings (SSSR count). The predicted octanol–water partition coefficient (Wildman–Crippen LogP) is 1.80. The molecule has 0 N–H and O–H groups in total. The monoisotopic (exact) mass is 394 g/mol. The quantitative estimate of drug-likeness (QED) is 0.663. The van der Waals surface area contributed by atoms with Crippen molar-refractivity contribution in [3.8, 4) is 0 Å². The van der Waals surface area contributed by atoms with E-state index < -0.39 is 55.8 Å². The number of hydrogen-bond acceptors (Lipinski definition) is 4. The zero-order valence-electron chi connectivity index (χ0n) is 12.3. The number of aromatic nitrogens is 2. The van der Waals surface area contributed by atoms with Gasteiger partial charge < -0.3 is 0 Å². The average molecular weight is 395 g/mol. The number of halogens is 5. The number of alkyl halides is 3. The van der Waals surface area contributed by atoms with Gasteiger partial charge in [0.1, 0.15) is 6.54 Å². The molecule has 25 heavy (non-hydrogen) atoms. The first kappa shape index (κ1) is 17.7. The maximum atomic E-state index is 12.6. The van der Waals surface area contributed by atoms with Gasteiger partial charge in [-0.1, -0.05) is 23.2 Å². The number of hydrogen-bond donors (Lipinski definition) is 0. The Kier molecular flexibility index (Phi) is 3.84. The minimum Gasteiger partial charge on any atom is -0.275 e. The third-order valence-corrected chi connectivity index (χ3v) is 4.62. The van der Waals surface area contributed by atoms with E-state index in [1.165, 1.54) is 6.92 Å². The minimum atomic E-state index is -4.83. The van der Waals surface area contributed by atoms with Crippen molar-refractivity contribution in [2.24, 2.45) is 0 Å². The first-order valence-electron chi connectivity index (χ1n) is 6.85. The molecule has 1 aromatic carbocycles. The lowest BCUT2D eigenvalue weighted by atomic mass is 10.1. The molecule has 2 aromatic heterocycles. The molecule has 0 radical (unpaired) electrons. The van der Waals surface area contributed by atoms with Crippen molar-refractivity contribution in [2.45, 2.75) is 26.2 Å². The van der Waals surface area contributed by atoms with Crippen LogP contribution in [-0.4, -0.2) is 15.3 Å². The topological polar surface area (TPSA) is 78.1 Å². The molecule has 6 nitrogen and oxygen atoms in total. The zero-order valence-corrected chi connectivity index (χ0v) is 13.8. The summed E-state index contributed by atoms with van der Waals surface area (Å²) in [6.45, 7) is -0.329. The number of fused-ring (bicyclic) bond motifs is 2. The Morgan fingerprint density at radius 3 is 1.36 bits per heavy atom. The van der Waals surface area contributed by atoms with Crippen LogP contribution >= 0.6 is 23.2 Å². The van der Waals surface area contributed by atoms with Gasteiger partial charge in [0.15, 0.2) is 0 Å². The van der Waals surface area contributed by atoms with Gasteiger partial charge in [0.25, 0.3) is 22.2 Å². The first-order valence-corrected chi connectivity index (χ1v) is 7.60. The second-order valence-corrected chi connectivity index (χ2v) is 6.05. The van der Waals surface area contributed by atoms with Gasteiger partial charge in [-0.3, -0.25) is 28.3 Å². The highest BCUT2D eigenvalue weighted by Crippen LogP contribution is 2.33. The Bertz CT molecular complexity index is 1160. The second-order valence-electron chi connectivity index (χ2n) is 5.29. The maximum Gasteiger partial charge on any atom is 0.406 e. The average Bonchev–Trinajstić information content (AvgIpc) is 2.90. The van der Waals surface area contributed by atoms with E-state index in [1.807, 2.05) is 0 Å². The van der Waals surface area contributed by atoms with Gasteiger partial charge >= 0.3 is 6.18 Å². The van der Waals surface area contributed by atoms with Crippen molar-refractivity contribution in [1.29, 1.82) is 0 Å². The molecule has 0 saturated heterocycles. The van der Waals surface area contributed by atoms with E-state index in [1.54, 1.807) is 0 Å². The smallest absolute Gasteiger partial charge is 0.275 e. The summed E-state index contributed by atoms with van der Waals surface area (Å²) in [7, 11) is 0. The van der Waals surface area contributed by atoms with Gasteiger partial charge in [0.05, 0.1) is 31.6 Å². The summed E-state index contributed by atoms with van der Waals surface area (Å²) in [6.07, 6.45) is -4.83. The summed E-state index contributed by atoms with van der Waals surface area (Å²) in [6, 6.07) is 0. The summed E-state index contributed by atoms with van der Waals surface area (Å²) in [5.41, 5.74) is -4.29. The van der Waals surface area contributed by atoms with Crippen LogP contribution in [0.2, 0.25) is 10.0 Å². The third-order valence-electron chi connectivity index (χ3n) is 3.87. The van der Waals surface area contributed by atoms with Crippen molar-refractivity contribution in [3.63, 3.8) is 0 Å². The van der Waals surface area contributed by atoms with E-state index in [9.17, 15) is 32.3 Å². The maximum absolute atomic E-state index is 12.6. The summed E-state index contributed by atoms with van der Waals surface area (Å²) < 4.78 is 38.6. The molecule has 0 fully saturated rings. The predicted molar refractivity (Wildman–Crippen MR) is 86.6 cm³/mol. The molecule has 132 valence electrons. The molecule has 0 amide bonds. The van der Waals surface area contributed by atoms with Crippen LogP contribution in [0.3, 0.4) is 0 Å². The normalized spacial score (nSPS) is 12.6. The largest absolute Gasteiger partial charge is 0.406 e. The van der Waals surface area contributed by atoms with Gasteiger partial charge in [-0.15, -0.1) is 0 Å². The van der Waals surface area contributed by atoms with E-state index in [4.69, 9.17) is 23.2 Å². The molecule has 0 unspecified atom stereocenters. The molecule has 2 heterocycles. The third kappa shape index (κ3) is 2.33. The van der Waals surface area contributed by atoms with Crippen LogP contribution in [0, 0.1) is 0 Å². The standard InChI is InChI=1S/C14H7Cl2F3N2O4/c1-2-20-10(22)4-5(11(20)23)9(16)7-6(8(4)15)12(24)21(13(7)25)3-14(17,18)19/h2-3H2,1H3. The highest BCUT2D eigenvalue weighted by Gasteiger charge is 2.33. The van der Waals surface area contributed by atoms with Crippen molar-refractivity contribution < 1.29 is 13.2 Å². The molecule has 0 saturated carbocycles. The SMILES string of the molecule is CCn1c(=O)c2c(Cl)c3c(=O)n(CC(F)(F)F)c(=O)c3c(Cl)c2c1=O. The van der Waals surface area contributed by atoms with Crippen molar-refractivity contribution in [1.82, 2.24) is 9.13 Å². The lowest BCUT2D eigenvalue weighted by Crippen LogP contribution is -2.32. The Morgan fingerprint density at radius 2 is 1.08 bits per heavy atom. The molecular weight excluding hydrogens is 388 g/mol. The van der Waals surface area contributed by atoms with Crippen LogP contribution < -0.4 is 22.2 Å². The van der Waals surface area contributed by atoms with Crippen LogP contribution in [0.1, 0.15) is 6.92 Å². The van der Waals surface area contributed by atoms with Crippen LogP contribution in [-0.2, 0) is 13.1 Å². The van der Waals surface area contributed by atoms with Gasteiger partial charge in [-0.05, 0) is 6.92 Å². The fourth-order valence-corrected chi connectivity index (χ4v) is 3.53. The molecule has 0 atom stereocenters. The lowest BCUT2D eigenvalue weighted by molar-refractivity contribution is -0.141. The van der Waals surface area contributed by atoms with E-state index in [0.29, 0.717) is 0 Å². The van der Waals surface area contributed by atoms with Crippen molar-refractivity contribution in [3.05, 3.63) is 51.5 Å². The summed E-state index contributed by atoms with van der Waals surface area (Å²) in [4.78, 5) is 49.1. The zero-order chi connectivity index (χ0) is 18.8. The highest BCUT2D eigenvalue weighted by atomic mass is 35.5. The van der Waals surface area contributed by atoms with Crippen LogP contribution in [0.5, 0.6) is 0 Å². The lowest BCUT2D eigenvalue weighted by Gasteiger charge is -2.04. The van der Waals surface area contributed by atoms with Crippen molar-refractivity contribution >= 4 is 44.7 Å². The molecule has 0 aliphatic rings. The van der Waals surface area contributed by atoms with Crippen molar-refractivity contribution in [2.75, 3.05) is 0 Å². The Balaban J connectivity index is 2.63.